The van der Waals surface area contributed by atoms with Crippen molar-refractivity contribution in [2.24, 2.45) is 0 Å². The highest BCUT2D eigenvalue weighted by molar-refractivity contribution is 9.10. The second kappa shape index (κ2) is 5.54. The Bertz CT molecular complexity index is 552. The summed E-state index contributed by atoms with van der Waals surface area (Å²) in [5, 5.41) is 5.15. The Hall–Kier alpha value is -1.01. The Labute approximate surface area is 121 Å². The Morgan fingerprint density at radius 2 is 2.00 bits per heavy atom. The highest BCUT2D eigenvalue weighted by Gasteiger charge is 2.30. The Morgan fingerprint density at radius 3 is 2.53 bits per heavy atom. The molecule has 1 nitrogen and oxygen atoms in total. The molecule has 0 aliphatic carbocycles. The molecule has 0 saturated carbocycles. The average Bonchev–Trinajstić information content (AvgIpc) is 2.84. The van der Waals surface area contributed by atoms with Crippen LogP contribution < -0.4 is 5.32 Å². The highest BCUT2D eigenvalue weighted by atomic mass is 79.9. The summed E-state index contributed by atoms with van der Waals surface area (Å²) >= 11 is 4.78. The van der Waals surface area contributed by atoms with Crippen molar-refractivity contribution in [3.8, 4) is 0 Å². The van der Waals surface area contributed by atoms with Gasteiger partial charge in [0.1, 0.15) is 0 Å². The molecule has 19 heavy (non-hydrogen) atoms. The number of nitrogens with one attached hydrogen (secondary N) is 1. The van der Waals surface area contributed by atoms with Crippen LogP contribution in [0.2, 0.25) is 0 Å². The molecule has 2 aromatic rings. The van der Waals surface area contributed by atoms with E-state index in [1.807, 2.05) is 24.4 Å². The van der Waals surface area contributed by atoms with E-state index in [1.165, 1.54) is 6.07 Å². The summed E-state index contributed by atoms with van der Waals surface area (Å²) in [6.07, 6.45) is -4.32. The van der Waals surface area contributed by atoms with E-state index >= 15 is 0 Å². The number of halogens is 4. The van der Waals surface area contributed by atoms with Crippen LogP contribution in [-0.4, -0.2) is 0 Å². The number of thiophene rings is 1. The molecule has 1 aromatic heterocycles. The van der Waals surface area contributed by atoms with Crippen LogP contribution in [-0.2, 0) is 6.18 Å². The number of hydrogen-bond donors (Lipinski definition) is 1. The quantitative estimate of drug-likeness (QED) is 0.748. The van der Waals surface area contributed by atoms with Gasteiger partial charge in [0.2, 0.25) is 0 Å². The lowest BCUT2D eigenvalue weighted by molar-refractivity contribution is -0.137. The van der Waals surface area contributed by atoms with Gasteiger partial charge in [0.25, 0.3) is 0 Å². The Morgan fingerprint density at radius 1 is 1.26 bits per heavy atom. The smallest absolute Gasteiger partial charge is 0.377 e. The summed E-state index contributed by atoms with van der Waals surface area (Å²) in [7, 11) is 0. The second-order valence-corrected chi connectivity index (χ2v) is 5.91. The second-order valence-electron chi connectivity index (χ2n) is 4.07. The van der Waals surface area contributed by atoms with Crippen LogP contribution in [0.15, 0.2) is 40.2 Å². The first kappa shape index (κ1) is 14.4. The number of rotatable bonds is 3. The molecule has 1 heterocycles. The molecule has 0 radical (unpaired) electrons. The molecule has 2 rings (SSSR count). The SMILES string of the molecule is CC(Nc1ccc(C(F)(F)F)cc1Br)c1cccs1. The fourth-order valence-corrected chi connectivity index (χ4v) is 2.88. The van der Waals surface area contributed by atoms with E-state index in [4.69, 9.17) is 0 Å². The van der Waals surface area contributed by atoms with Crippen LogP contribution in [0.25, 0.3) is 0 Å². The molecule has 102 valence electrons. The first-order valence-corrected chi connectivity index (χ1v) is 7.22. The molecular weight excluding hydrogens is 339 g/mol. The molecule has 1 aromatic carbocycles. The fourth-order valence-electron chi connectivity index (χ4n) is 1.65. The maximum atomic E-state index is 12.5. The average molecular weight is 350 g/mol. The molecule has 1 N–H and O–H groups in total. The maximum absolute atomic E-state index is 12.5. The van der Waals surface area contributed by atoms with E-state index in [9.17, 15) is 13.2 Å². The lowest BCUT2D eigenvalue weighted by Gasteiger charge is -2.16. The minimum atomic E-state index is -4.32. The third-order valence-electron chi connectivity index (χ3n) is 2.64. The van der Waals surface area contributed by atoms with Gasteiger partial charge in [-0.15, -0.1) is 11.3 Å². The molecule has 0 aliphatic heterocycles. The normalized spacial score (nSPS) is 13.3. The van der Waals surface area contributed by atoms with Gasteiger partial charge >= 0.3 is 6.18 Å². The number of anilines is 1. The van der Waals surface area contributed by atoms with E-state index < -0.39 is 11.7 Å². The largest absolute Gasteiger partial charge is 0.416 e. The lowest BCUT2D eigenvalue weighted by atomic mass is 10.2. The van der Waals surface area contributed by atoms with Crippen molar-refractivity contribution >= 4 is 33.0 Å². The van der Waals surface area contributed by atoms with Crippen LogP contribution in [0.1, 0.15) is 23.4 Å². The molecule has 0 spiro atoms. The standard InChI is InChI=1S/C13H11BrF3NS/c1-8(12-3-2-6-19-12)18-11-5-4-9(7-10(11)14)13(15,16)17/h2-8,18H,1H3. The monoisotopic (exact) mass is 349 g/mol. The van der Waals surface area contributed by atoms with Crippen LogP contribution in [0.4, 0.5) is 18.9 Å². The van der Waals surface area contributed by atoms with Crippen LogP contribution in [0.5, 0.6) is 0 Å². The van der Waals surface area contributed by atoms with E-state index in [2.05, 4.69) is 21.2 Å². The van der Waals surface area contributed by atoms with Gasteiger partial charge in [0.15, 0.2) is 0 Å². The summed E-state index contributed by atoms with van der Waals surface area (Å²) in [6.45, 7) is 1.97. The molecule has 6 heteroatoms. The minimum Gasteiger partial charge on any atom is -0.377 e. The third-order valence-corrected chi connectivity index (χ3v) is 4.35. The predicted molar refractivity (Wildman–Crippen MR) is 75.5 cm³/mol. The first-order valence-electron chi connectivity index (χ1n) is 5.54. The van der Waals surface area contributed by atoms with Gasteiger partial charge in [-0.25, -0.2) is 0 Å². The Kier molecular flexibility index (Phi) is 4.20. The third kappa shape index (κ3) is 3.51. The minimum absolute atomic E-state index is 0.0491. The van der Waals surface area contributed by atoms with Gasteiger partial charge < -0.3 is 5.32 Å². The molecule has 0 aliphatic rings. The van der Waals surface area contributed by atoms with Crippen molar-refractivity contribution in [3.63, 3.8) is 0 Å². The number of alkyl halides is 3. The highest BCUT2D eigenvalue weighted by Crippen LogP contribution is 2.35. The lowest BCUT2D eigenvalue weighted by Crippen LogP contribution is -2.08. The summed E-state index contributed by atoms with van der Waals surface area (Å²) in [6, 6.07) is 7.59. The topological polar surface area (TPSA) is 12.0 Å². The van der Waals surface area contributed by atoms with E-state index in [-0.39, 0.29) is 6.04 Å². The van der Waals surface area contributed by atoms with E-state index in [1.54, 1.807) is 11.3 Å². The van der Waals surface area contributed by atoms with Gasteiger partial charge in [0.05, 0.1) is 11.6 Å². The van der Waals surface area contributed by atoms with Crippen molar-refractivity contribution in [2.45, 2.75) is 19.1 Å². The van der Waals surface area contributed by atoms with Gasteiger partial charge in [-0.3, -0.25) is 0 Å². The maximum Gasteiger partial charge on any atom is 0.416 e. The van der Waals surface area contributed by atoms with Gasteiger partial charge in [-0.1, -0.05) is 6.07 Å². The van der Waals surface area contributed by atoms with Crippen molar-refractivity contribution in [1.29, 1.82) is 0 Å². The van der Waals surface area contributed by atoms with Crippen molar-refractivity contribution in [2.75, 3.05) is 5.32 Å². The molecule has 0 fully saturated rings. The molecule has 1 atom stereocenters. The van der Waals surface area contributed by atoms with Crippen LogP contribution in [0.3, 0.4) is 0 Å². The summed E-state index contributed by atoms with van der Waals surface area (Å²) < 4.78 is 38.0. The number of benzene rings is 1. The van der Waals surface area contributed by atoms with Crippen molar-refractivity contribution in [3.05, 3.63) is 50.6 Å². The molecule has 1 unspecified atom stereocenters. The van der Waals surface area contributed by atoms with Gasteiger partial charge in [-0.2, -0.15) is 13.2 Å². The molecule has 0 amide bonds. The first-order chi connectivity index (χ1) is 8.88. The van der Waals surface area contributed by atoms with E-state index in [0.717, 1.165) is 17.0 Å². The van der Waals surface area contributed by atoms with Crippen LogP contribution >= 0.6 is 27.3 Å². The van der Waals surface area contributed by atoms with E-state index in [0.29, 0.717) is 10.2 Å². The number of hydrogen-bond acceptors (Lipinski definition) is 2. The fraction of sp³-hybridized carbons (Fsp3) is 0.231. The van der Waals surface area contributed by atoms with Crippen molar-refractivity contribution < 1.29 is 13.2 Å². The van der Waals surface area contributed by atoms with Gasteiger partial charge in [-0.05, 0) is 52.5 Å². The van der Waals surface area contributed by atoms with Gasteiger partial charge in [0, 0.05) is 15.0 Å². The predicted octanol–water partition coefficient (Wildman–Crippen LogP) is 5.70. The van der Waals surface area contributed by atoms with Crippen LogP contribution in [0, 0.1) is 0 Å². The molecule has 0 saturated heterocycles. The Balaban J connectivity index is 2.18. The molecule has 0 bridgehead atoms. The zero-order valence-corrected chi connectivity index (χ0v) is 12.4. The zero-order chi connectivity index (χ0) is 14.0. The zero-order valence-electron chi connectivity index (χ0n) is 9.96. The molecular formula is C13H11BrF3NS. The summed E-state index contributed by atoms with van der Waals surface area (Å²) in [4.78, 5) is 1.13. The van der Waals surface area contributed by atoms with Crippen molar-refractivity contribution in [1.82, 2.24) is 0 Å². The summed E-state index contributed by atoms with van der Waals surface area (Å²) in [5.41, 5.74) is -0.0115. The summed E-state index contributed by atoms with van der Waals surface area (Å²) in [5.74, 6) is 0.